The molecule has 1 aliphatic rings. The van der Waals surface area contributed by atoms with Crippen LogP contribution < -0.4 is 0 Å². The number of amides is 1. The number of fused-ring (bicyclic) bond motifs is 1. The Bertz CT molecular complexity index is 1380. The molecule has 0 spiro atoms. The van der Waals surface area contributed by atoms with Crippen LogP contribution in [0.1, 0.15) is 42.0 Å². The fraction of sp³-hybridized carbons (Fsp3) is 0.250. The largest absolute Gasteiger partial charge is 0.508 e. The first-order chi connectivity index (χ1) is 15.9. The Hall–Kier alpha value is -3.46. The van der Waals surface area contributed by atoms with Crippen LogP contribution in [0.4, 0.5) is 0 Å². The summed E-state index contributed by atoms with van der Waals surface area (Å²) < 4.78 is 2.48. The van der Waals surface area contributed by atoms with E-state index in [0.717, 1.165) is 40.0 Å². The quantitative estimate of drug-likeness (QED) is 0.306. The van der Waals surface area contributed by atoms with Gasteiger partial charge in [0.2, 0.25) is 5.91 Å². The molecular formula is C24H22BrN5O3. The number of hydrogen-bond donors (Lipinski definition) is 2. The van der Waals surface area contributed by atoms with Crippen LogP contribution in [0.25, 0.3) is 22.3 Å². The highest BCUT2D eigenvalue weighted by atomic mass is 79.9. The van der Waals surface area contributed by atoms with E-state index in [1.165, 1.54) is 6.92 Å². The van der Waals surface area contributed by atoms with Crippen molar-refractivity contribution in [2.24, 2.45) is 0 Å². The fourth-order valence-corrected chi connectivity index (χ4v) is 4.82. The van der Waals surface area contributed by atoms with Crippen molar-refractivity contribution in [2.45, 2.75) is 32.4 Å². The second kappa shape index (κ2) is 8.47. The molecule has 8 nitrogen and oxygen atoms in total. The Morgan fingerprint density at radius 1 is 1.27 bits per heavy atom. The van der Waals surface area contributed by atoms with Crippen LogP contribution >= 0.6 is 15.9 Å². The molecule has 2 N–H and O–H groups in total. The molecule has 9 heteroatoms. The Labute approximate surface area is 198 Å². The molecule has 1 fully saturated rings. The van der Waals surface area contributed by atoms with E-state index in [0.29, 0.717) is 17.6 Å². The van der Waals surface area contributed by atoms with Gasteiger partial charge in [-0.05, 0) is 60.0 Å². The SMILES string of the molecule is CC(=O)c1cn(CC(=O)N2CCC[C@H]2c2ncc(-c3cccc(Br)n3)[nH]2)c2cc(O)ccc12. The number of carbonyl (C=O) groups excluding carboxylic acids is 2. The number of nitrogens with zero attached hydrogens (tertiary/aromatic N) is 4. The number of ketones is 1. The molecule has 33 heavy (non-hydrogen) atoms. The first-order valence-electron chi connectivity index (χ1n) is 10.7. The predicted molar refractivity (Wildman–Crippen MR) is 127 cm³/mol. The standard InChI is InChI=1S/C24H22BrN5O3/c1-14(31)17-12-29(21-10-15(32)7-8-16(17)21)13-23(33)30-9-3-5-20(30)24-26-11-19(28-24)18-4-2-6-22(25)27-18/h2,4,6-8,10-12,20,32H,3,5,9,13H2,1H3,(H,26,28)/t20-/m0/s1. The molecule has 168 valence electrons. The molecule has 4 aromatic rings. The van der Waals surface area contributed by atoms with Crippen LogP contribution in [0.15, 0.2) is 53.4 Å². The molecule has 0 bridgehead atoms. The topological polar surface area (TPSA) is 104 Å². The second-order valence-electron chi connectivity index (χ2n) is 8.20. The van der Waals surface area contributed by atoms with E-state index >= 15 is 0 Å². The summed E-state index contributed by atoms with van der Waals surface area (Å²) in [6.07, 6.45) is 5.13. The molecule has 0 saturated carbocycles. The van der Waals surface area contributed by atoms with Crippen LogP contribution in [0.2, 0.25) is 0 Å². The number of aromatic hydroxyl groups is 1. The van der Waals surface area contributed by atoms with E-state index in [9.17, 15) is 14.7 Å². The Kier molecular flexibility index (Phi) is 5.49. The highest BCUT2D eigenvalue weighted by Gasteiger charge is 2.32. The summed E-state index contributed by atoms with van der Waals surface area (Å²) in [6, 6.07) is 10.4. The minimum Gasteiger partial charge on any atom is -0.508 e. The smallest absolute Gasteiger partial charge is 0.243 e. The number of H-pyrrole nitrogens is 1. The van der Waals surface area contributed by atoms with Gasteiger partial charge in [-0.15, -0.1) is 0 Å². The van der Waals surface area contributed by atoms with Crippen molar-refractivity contribution in [2.75, 3.05) is 6.54 Å². The minimum absolute atomic E-state index is 0.0635. The third kappa shape index (κ3) is 4.04. The molecule has 0 unspecified atom stereocenters. The number of imidazole rings is 1. The number of carbonyl (C=O) groups is 2. The van der Waals surface area contributed by atoms with Gasteiger partial charge >= 0.3 is 0 Å². The number of phenolic OH excluding ortho intramolecular Hbond substituents is 1. The van der Waals surface area contributed by atoms with Gasteiger partial charge in [0.15, 0.2) is 5.78 Å². The number of aromatic amines is 1. The Balaban J connectivity index is 1.41. The lowest BCUT2D eigenvalue weighted by atomic mass is 10.1. The number of hydrogen-bond acceptors (Lipinski definition) is 5. The van der Waals surface area contributed by atoms with Crippen molar-refractivity contribution in [3.63, 3.8) is 0 Å². The molecule has 1 atom stereocenters. The summed E-state index contributed by atoms with van der Waals surface area (Å²) in [4.78, 5) is 39.6. The zero-order valence-electron chi connectivity index (χ0n) is 18.0. The van der Waals surface area contributed by atoms with Crippen LogP contribution in [0, 0.1) is 0 Å². The zero-order chi connectivity index (χ0) is 23.1. The van der Waals surface area contributed by atoms with Gasteiger partial charge in [0.05, 0.1) is 29.1 Å². The molecule has 5 rings (SSSR count). The summed E-state index contributed by atoms with van der Waals surface area (Å²) in [5.41, 5.74) is 2.76. The molecule has 3 aromatic heterocycles. The van der Waals surface area contributed by atoms with Crippen LogP contribution in [-0.4, -0.2) is 47.8 Å². The summed E-state index contributed by atoms with van der Waals surface area (Å²) >= 11 is 3.39. The van der Waals surface area contributed by atoms with Crippen molar-refractivity contribution >= 4 is 38.5 Å². The van der Waals surface area contributed by atoms with Gasteiger partial charge in [-0.25, -0.2) is 9.97 Å². The lowest BCUT2D eigenvalue weighted by Gasteiger charge is -2.23. The fourth-order valence-electron chi connectivity index (χ4n) is 4.47. The van der Waals surface area contributed by atoms with Crippen molar-refractivity contribution in [1.82, 2.24) is 24.4 Å². The predicted octanol–water partition coefficient (Wildman–Crippen LogP) is 4.46. The van der Waals surface area contributed by atoms with Gasteiger partial charge in [0, 0.05) is 29.8 Å². The number of Topliss-reactive ketones (excluding diaryl/α,β-unsaturated/α-hetero) is 1. The van der Waals surface area contributed by atoms with Gasteiger partial charge in [-0.3, -0.25) is 9.59 Å². The van der Waals surface area contributed by atoms with Crippen molar-refractivity contribution in [1.29, 1.82) is 0 Å². The number of phenols is 1. The Morgan fingerprint density at radius 2 is 2.12 bits per heavy atom. The first kappa shape index (κ1) is 21.4. The zero-order valence-corrected chi connectivity index (χ0v) is 19.5. The van der Waals surface area contributed by atoms with Crippen molar-refractivity contribution < 1.29 is 14.7 Å². The summed E-state index contributed by atoms with van der Waals surface area (Å²) in [6.45, 7) is 2.21. The highest BCUT2D eigenvalue weighted by molar-refractivity contribution is 9.10. The van der Waals surface area contributed by atoms with Crippen molar-refractivity contribution in [3.05, 3.63) is 64.8 Å². The summed E-state index contributed by atoms with van der Waals surface area (Å²) in [5.74, 6) is 0.677. The van der Waals surface area contributed by atoms with Gasteiger partial charge in [-0.1, -0.05) is 6.07 Å². The third-order valence-electron chi connectivity index (χ3n) is 6.03. The third-order valence-corrected chi connectivity index (χ3v) is 6.47. The molecule has 1 aromatic carbocycles. The van der Waals surface area contributed by atoms with E-state index in [4.69, 9.17) is 0 Å². The van der Waals surface area contributed by atoms with E-state index < -0.39 is 0 Å². The maximum atomic E-state index is 13.3. The van der Waals surface area contributed by atoms with E-state index in [2.05, 4.69) is 30.9 Å². The average molecular weight is 508 g/mol. The maximum absolute atomic E-state index is 13.3. The van der Waals surface area contributed by atoms with Crippen LogP contribution in [0.3, 0.4) is 0 Å². The minimum atomic E-state index is -0.152. The number of rotatable bonds is 5. The average Bonchev–Trinajstić information content (AvgIpc) is 3.52. The molecular weight excluding hydrogens is 486 g/mol. The van der Waals surface area contributed by atoms with E-state index in [1.54, 1.807) is 35.2 Å². The number of nitrogens with one attached hydrogen (secondary N) is 1. The second-order valence-corrected chi connectivity index (χ2v) is 9.01. The molecule has 1 aliphatic heterocycles. The summed E-state index contributed by atoms with van der Waals surface area (Å²) in [7, 11) is 0. The monoisotopic (exact) mass is 507 g/mol. The van der Waals surface area contributed by atoms with E-state index in [1.807, 2.05) is 23.1 Å². The van der Waals surface area contributed by atoms with E-state index in [-0.39, 0.29) is 30.0 Å². The van der Waals surface area contributed by atoms with Crippen LogP contribution in [0.5, 0.6) is 5.75 Å². The molecule has 0 radical (unpaired) electrons. The normalized spacial score (nSPS) is 15.9. The molecule has 0 aliphatic carbocycles. The number of pyridine rings is 1. The van der Waals surface area contributed by atoms with Gasteiger partial charge in [0.1, 0.15) is 22.7 Å². The van der Waals surface area contributed by atoms with Gasteiger partial charge < -0.3 is 19.6 Å². The lowest BCUT2D eigenvalue weighted by Crippen LogP contribution is -2.33. The number of likely N-dealkylation sites (tertiary alicyclic amines) is 1. The summed E-state index contributed by atoms with van der Waals surface area (Å²) in [5, 5.41) is 10.7. The van der Waals surface area contributed by atoms with Gasteiger partial charge in [-0.2, -0.15) is 0 Å². The number of benzene rings is 1. The van der Waals surface area contributed by atoms with Gasteiger partial charge in [0.25, 0.3) is 0 Å². The first-order valence-corrected chi connectivity index (χ1v) is 11.5. The Morgan fingerprint density at radius 3 is 2.91 bits per heavy atom. The van der Waals surface area contributed by atoms with Crippen molar-refractivity contribution in [3.8, 4) is 17.1 Å². The molecule has 1 saturated heterocycles. The maximum Gasteiger partial charge on any atom is 0.243 e. The number of aromatic nitrogens is 4. The highest BCUT2D eigenvalue weighted by Crippen LogP contribution is 2.32. The van der Waals surface area contributed by atoms with Crippen LogP contribution in [-0.2, 0) is 11.3 Å². The molecule has 4 heterocycles. The molecule has 1 amide bonds. The lowest BCUT2D eigenvalue weighted by molar-refractivity contribution is -0.132. The number of halogens is 1.